The van der Waals surface area contributed by atoms with Gasteiger partial charge in [-0.3, -0.25) is 4.79 Å². The van der Waals surface area contributed by atoms with E-state index in [-0.39, 0.29) is 5.91 Å². The summed E-state index contributed by atoms with van der Waals surface area (Å²) >= 11 is 6.05. The molecule has 0 aliphatic rings. The third-order valence-corrected chi connectivity index (χ3v) is 3.55. The highest BCUT2D eigenvalue weighted by atomic mass is 35.5. The summed E-state index contributed by atoms with van der Waals surface area (Å²) in [6.07, 6.45) is 0.373. The maximum atomic E-state index is 11.9. The Labute approximate surface area is 135 Å². The zero-order chi connectivity index (χ0) is 15.9. The summed E-state index contributed by atoms with van der Waals surface area (Å²) in [6.45, 7) is 2.49. The van der Waals surface area contributed by atoms with Crippen molar-refractivity contribution in [3.63, 3.8) is 0 Å². The maximum Gasteiger partial charge on any atom is 0.226 e. The molecule has 0 bridgehead atoms. The van der Waals surface area contributed by atoms with Crippen LogP contribution in [-0.2, 0) is 4.79 Å². The van der Waals surface area contributed by atoms with Crippen molar-refractivity contribution in [3.05, 3.63) is 53.1 Å². The summed E-state index contributed by atoms with van der Waals surface area (Å²) in [5.41, 5.74) is 2.75. The van der Waals surface area contributed by atoms with Crippen molar-refractivity contribution in [1.82, 2.24) is 0 Å². The van der Waals surface area contributed by atoms with E-state index in [0.717, 1.165) is 16.9 Å². The number of nitrogens with one attached hydrogen (secondary N) is 2. The Kier molecular flexibility index (Phi) is 5.67. The Balaban J connectivity index is 1.82. The molecule has 0 atom stereocenters. The summed E-state index contributed by atoms with van der Waals surface area (Å²) in [5, 5.41) is 6.61. The molecule has 0 fully saturated rings. The predicted octanol–water partition coefficient (Wildman–Crippen LogP) is 4.10. The van der Waals surface area contributed by atoms with Gasteiger partial charge in [-0.25, -0.2) is 0 Å². The molecule has 22 heavy (non-hydrogen) atoms. The SMILES string of the molecule is COc1ccc(NCCC(=O)Nc2ccccc2C)cc1Cl. The Morgan fingerprint density at radius 2 is 2.00 bits per heavy atom. The lowest BCUT2D eigenvalue weighted by Crippen LogP contribution is -2.16. The largest absolute Gasteiger partial charge is 0.495 e. The number of carbonyl (C=O) groups is 1. The van der Waals surface area contributed by atoms with Gasteiger partial charge in [-0.05, 0) is 36.8 Å². The summed E-state index contributed by atoms with van der Waals surface area (Å²) in [6, 6.07) is 13.1. The number of hydrogen-bond acceptors (Lipinski definition) is 3. The van der Waals surface area contributed by atoms with Crippen molar-refractivity contribution in [1.29, 1.82) is 0 Å². The van der Waals surface area contributed by atoms with Gasteiger partial charge in [-0.2, -0.15) is 0 Å². The van der Waals surface area contributed by atoms with Gasteiger partial charge in [-0.1, -0.05) is 29.8 Å². The first-order chi connectivity index (χ1) is 10.6. The smallest absolute Gasteiger partial charge is 0.226 e. The second kappa shape index (κ2) is 7.71. The Bertz CT molecular complexity index is 659. The van der Waals surface area contributed by atoms with E-state index in [9.17, 15) is 4.79 Å². The quantitative estimate of drug-likeness (QED) is 0.843. The molecular weight excluding hydrogens is 300 g/mol. The average molecular weight is 319 g/mol. The maximum absolute atomic E-state index is 11.9. The van der Waals surface area contributed by atoms with Crippen LogP contribution < -0.4 is 15.4 Å². The van der Waals surface area contributed by atoms with Gasteiger partial charge in [0.2, 0.25) is 5.91 Å². The van der Waals surface area contributed by atoms with Crippen LogP contribution in [0, 0.1) is 6.92 Å². The third-order valence-electron chi connectivity index (χ3n) is 3.25. The number of aryl methyl sites for hydroxylation is 1. The van der Waals surface area contributed by atoms with Crippen LogP contribution in [0.1, 0.15) is 12.0 Å². The first kappa shape index (κ1) is 16.2. The highest BCUT2D eigenvalue weighted by Gasteiger charge is 2.05. The molecule has 0 spiro atoms. The highest BCUT2D eigenvalue weighted by Crippen LogP contribution is 2.27. The minimum Gasteiger partial charge on any atom is -0.495 e. The lowest BCUT2D eigenvalue weighted by Gasteiger charge is -2.10. The average Bonchev–Trinajstić information content (AvgIpc) is 2.50. The topological polar surface area (TPSA) is 50.4 Å². The molecule has 2 aromatic rings. The van der Waals surface area contributed by atoms with Crippen LogP contribution in [-0.4, -0.2) is 19.6 Å². The standard InChI is InChI=1S/C17H19ClN2O2/c1-12-5-3-4-6-15(12)20-17(21)9-10-19-13-7-8-16(22-2)14(18)11-13/h3-8,11,19H,9-10H2,1-2H3,(H,20,21). The first-order valence-electron chi connectivity index (χ1n) is 7.03. The summed E-state index contributed by atoms with van der Waals surface area (Å²) in [5.74, 6) is 0.603. The van der Waals surface area contributed by atoms with Crippen LogP contribution in [0.3, 0.4) is 0 Å². The van der Waals surface area contributed by atoms with Crippen molar-refractivity contribution in [3.8, 4) is 5.75 Å². The van der Waals surface area contributed by atoms with E-state index in [1.165, 1.54) is 0 Å². The number of benzene rings is 2. The van der Waals surface area contributed by atoms with E-state index in [4.69, 9.17) is 16.3 Å². The minimum absolute atomic E-state index is 0.0265. The zero-order valence-electron chi connectivity index (χ0n) is 12.7. The van der Waals surface area contributed by atoms with Crippen LogP contribution in [0.5, 0.6) is 5.75 Å². The Hall–Kier alpha value is -2.20. The summed E-state index contributed by atoms with van der Waals surface area (Å²) in [7, 11) is 1.57. The van der Waals surface area contributed by atoms with Crippen LogP contribution >= 0.6 is 11.6 Å². The van der Waals surface area contributed by atoms with Crippen molar-refractivity contribution < 1.29 is 9.53 Å². The zero-order valence-corrected chi connectivity index (χ0v) is 13.4. The normalized spacial score (nSPS) is 10.1. The van der Waals surface area contributed by atoms with E-state index in [1.54, 1.807) is 19.2 Å². The van der Waals surface area contributed by atoms with Gasteiger partial charge in [0.05, 0.1) is 12.1 Å². The second-order valence-corrected chi connectivity index (χ2v) is 5.30. The van der Waals surface area contributed by atoms with E-state index in [0.29, 0.717) is 23.7 Å². The molecule has 4 nitrogen and oxygen atoms in total. The van der Waals surface area contributed by atoms with E-state index < -0.39 is 0 Å². The lowest BCUT2D eigenvalue weighted by atomic mass is 10.2. The number of anilines is 2. The van der Waals surface area contributed by atoms with Crippen LogP contribution in [0.4, 0.5) is 11.4 Å². The van der Waals surface area contributed by atoms with Crippen molar-refractivity contribution in [2.75, 3.05) is 24.3 Å². The third kappa shape index (κ3) is 4.40. The molecule has 116 valence electrons. The van der Waals surface area contributed by atoms with Gasteiger partial charge < -0.3 is 15.4 Å². The molecule has 0 saturated carbocycles. The van der Waals surface area contributed by atoms with Crippen molar-refractivity contribution >= 4 is 28.9 Å². The van der Waals surface area contributed by atoms with Gasteiger partial charge >= 0.3 is 0 Å². The van der Waals surface area contributed by atoms with Gasteiger partial charge in [0.25, 0.3) is 0 Å². The molecule has 2 aromatic carbocycles. The molecule has 1 amide bonds. The van der Waals surface area contributed by atoms with Gasteiger partial charge in [0, 0.05) is 24.3 Å². The number of rotatable bonds is 6. The Morgan fingerprint density at radius 1 is 1.23 bits per heavy atom. The number of methoxy groups -OCH3 is 1. The summed E-state index contributed by atoms with van der Waals surface area (Å²) in [4.78, 5) is 11.9. The van der Waals surface area contributed by atoms with Crippen LogP contribution in [0.25, 0.3) is 0 Å². The van der Waals surface area contributed by atoms with E-state index >= 15 is 0 Å². The fourth-order valence-corrected chi connectivity index (χ4v) is 2.28. The highest BCUT2D eigenvalue weighted by molar-refractivity contribution is 6.32. The molecule has 0 aliphatic heterocycles. The van der Waals surface area contributed by atoms with Crippen molar-refractivity contribution in [2.24, 2.45) is 0 Å². The molecule has 0 heterocycles. The lowest BCUT2D eigenvalue weighted by molar-refractivity contribution is -0.115. The van der Waals surface area contributed by atoms with Gasteiger partial charge in [-0.15, -0.1) is 0 Å². The number of ether oxygens (including phenoxy) is 1. The number of hydrogen-bond donors (Lipinski definition) is 2. The molecule has 2 N–H and O–H groups in total. The number of carbonyl (C=O) groups excluding carboxylic acids is 1. The molecule has 0 radical (unpaired) electrons. The number of para-hydroxylation sites is 1. The monoisotopic (exact) mass is 318 g/mol. The van der Waals surface area contributed by atoms with Crippen LogP contribution in [0.2, 0.25) is 5.02 Å². The second-order valence-electron chi connectivity index (χ2n) is 4.89. The molecule has 5 heteroatoms. The minimum atomic E-state index is -0.0265. The molecule has 0 aliphatic carbocycles. The number of halogens is 1. The van der Waals surface area contributed by atoms with E-state index in [1.807, 2.05) is 37.3 Å². The Morgan fingerprint density at radius 3 is 2.68 bits per heavy atom. The number of amides is 1. The molecular formula is C17H19ClN2O2. The fourth-order valence-electron chi connectivity index (χ4n) is 2.02. The van der Waals surface area contributed by atoms with E-state index in [2.05, 4.69) is 10.6 Å². The van der Waals surface area contributed by atoms with Crippen LogP contribution in [0.15, 0.2) is 42.5 Å². The summed E-state index contributed by atoms with van der Waals surface area (Å²) < 4.78 is 5.10. The first-order valence-corrected chi connectivity index (χ1v) is 7.41. The molecule has 2 rings (SSSR count). The van der Waals surface area contributed by atoms with Gasteiger partial charge in [0.15, 0.2) is 0 Å². The van der Waals surface area contributed by atoms with Crippen molar-refractivity contribution in [2.45, 2.75) is 13.3 Å². The molecule has 0 saturated heterocycles. The molecule has 0 aromatic heterocycles. The fraction of sp³-hybridized carbons (Fsp3) is 0.235. The van der Waals surface area contributed by atoms with Gasteiger partial charge in [0.1, 0.15) is 5.75 Å². The predicted molar refractivity (Wildman–Crippen MR) is 90.9 cm³/mol. The molecule has 0 unspecified atom stereocenters.